The molecule has 0 saturated carbocycles. The third-order valence-corrected chi connectivity index (χ3v) is 3.16. The number of rotatable bonds is 8. The van der Waals surface area contributed by atoms with Gasteiger partial charge in [0.15, 0.2) is 0 Å². The van der Waals surface area contributed by atoms with Gasteiger partial charge in [-0.15, -0.1) is 13.2 Å². The molecule has 0 saturated heterocycles. The number of amides is 1. The van der Waals surface area contributed by atoms with Gasteiger partial charge in [0.05, 0.1) is 0 Å². The van der Waals surface area contributed by atoms with Gasteiger partial charge in [0.1, 0.15) is 11.8 Å². The number of carbonyl (C=O) groups is 2. The fraction of sp³-hybridized carbons (Fsp3) is 0.500. The first-order valence-corrected chi connectivity index (χ1v) is 7.44. The van der Waals surface area contributed by atoms with Crippen molar-refractivity contribution in [1.29, 1.82) is 0 Å². The number of nitrogens with one attached hydrogen (secondary N) is 1. The van der Waals surface area contributed by atoms with E-state index < -0.39 is 24.3 Å². The Morgan fingerprint density at radius 1 is 1.25 bits per heavy atom. The predicted octanol–water partition coefficient (Wildman–Crippen LogP) is 3.13. The first-order valence-electron chi connectivity index (χ1n) is 7.44. The molecule has 0 aliphatic heterocycles. The second-order valence-corrected chi connectivity index (χ2v) is 5.74. The summed E-state index contributed by atoms with van der Waals surface area (Å²) in [6, 6.07) is 4.51. The van der Waals surface area contributed by atoms with Gasteiger partial charge in [-0.3, -0.25) is 4.79 Å². The van der Waals surface area contributed by atoms with Crippen molar-refractivity contribution in [2.75, 3.05) is 0 Å². The summed E-state index contributed by atoms with van der Waals surface area (Å²) in [5, 5.41) is 11.5. The van der Waals surface area contributed by atoms with Crippen LogP contribution in [0, 0.1) is 5.92 Å². The number of hydrogen-bond donors (Lipinski definition) is 2. The van der Waals surface area contributed by atoms with E-state index >= 15 is 0 Å². The molecule has 0 aliphatic rings. The minimum Gasteiger partial charge on any atom is -0.480 e. The Labute approximate surface area is 137 Å². The molecule has 134 valence electrons. The molecule has 1 aromatic carbocycles. The highest BCUT2D eigenvalue weighted by molar-refractivity contribution is 5.83. The molecular formula is C16H20F3NO4. The molecule has 0 spiro atoms. The molecule has 1 unspecified atom stereocenters. The van der Waals surface area contributed by atoms with E-state index in [4.69, 9.17) is 5.11 Å². The maximum absolute atomic E-state index is 12.3. The lowest BCUT2D eigenvalue weighted by Crippen LogP contribution is -2.41. The number of carbonyl (C=O) groups excluding carboxylic acids is 1. The monoisotopic (exact) mass is 347 g/mol. The molecule has 0 fully saturated rings. The average molecular weight is 347 g/mol. The van der Waals surface area contributed by atoms with Crippen molar-refractivity contribution in [1.82, 2.24) is 5.32 Å². The van der Waals surface area contributed by atoms with Gasteiger partial charge < -0.3 is 15.2 Å². The Morgan fingerprint density at radius 2 is 1.88 bits per heavy atom. The Bertz CT molecular complexity index is 573. The first kappa shape index (κ1) is 19.8. The zero-order chi connectivity index (χ0) is 18.3. The second kappa shape index (κ2) is 8.56. The minimum absolute atomic E-state index is 0.00606. The standard InChI is InChI=1S/C16H20F3NO4/c1-10(2)9-12(15(22)23)20-14(21)8-7-11-5-3-4-6-13(11)24-16(17,18)19/h3-6,10,12H,7-9H2,1-2H3,(H,20,21)(H,22,23). The number of halogens is 3. The molecule has 1 atom stereocenters. The van der Waals surface area contributed by atoms with Crippen LogP contribution in [-0.2, 0) is 16.0 Å². The van der Waals surface area contributed by atoms with Crippen LogP contribution in [0.3, 0.4) is 0 Å². The molecule has 1 rings (SSSR count). The Balaban J connectivity index is 2.65. The molecule has 1 amide bonds. The minimum atomic E-state index is -4.82. The summed E-state index contributed by atoms with van der Waals surface area (Å²) in [6.07, 6.45) is -4.68. The topological polar surface area (TPSA) is 75.6 Å². The second-order valence-electron chi connectivity index (χ2n) is 5.74. The molecule has 2 N–H and O–H groups in total. The van der Waals surface area contributed by atoms with Crippen LogP contribution < -0.4 is 10.1 Å². The quantitative estimate of drug-likeness (QED) is 0.758. The first-order chi connectivity index (χ1) is 11.1. The van der Waals surface area contributed by atoms with Crippen molar-refractivity contribution in [2.24, 2.45) is 5.92 Å². The van der Waals surface area contributed by atoms with Gasteiger partial charge in [0, 0.05) is 6.42 Å². The molecular weight excluding hydrogens is 327 g/mol. The highest BCUT2D eigenvalue weighted by Crippen LogP contribution is 2.27. The molecule has 8 heteroatoms. The highest BCUT2D eigenvalue weighted by atomic mass is 19.4. The molecule has 1 aromatic rings. The number of alkyl halides is 3. The van der Waals surface area contributed by atoms with Crippen molar-refractivity contribution in [3.63, 3.8) is 0 Å². The van der Waals surface area contributed by atoms with E-state index in [0.29, 0.717) is 0 Å². The van der Waals surface area contributed by atoms with Crippen LogP contribution in [0.25, 0.3) is 0 Å². The molecule has 24 heavy (non-hydrogen) atoms. The molecule has 0 radical (unpaired) electrons. The zero-order valence-electron chi connectivity index (χ0n) is 13.4. The van der Waals surface area contributed by atoms with E-state index in [0.717, 1.165) is 0 Å². The lowest BCUT2D eigenvalue weighted by molar-refractivity contribution is -0.274. The van der Waals surface area contributed by atoms with Crippen molar-refractivity contribution in [2.45, 2.75) is 45.5 Å². The number of aryl methyl sites for hydroxylation is 1. The van der Waals surface area contributed by atoms with Gasteiger partial charge in [0.2, 0.25) is 5.91 Å². The van der Waals surface area contributed by atoms with Gasteiger partial charge >= 0.3 is 12.3 Å². The number of ether oxygens (including phenoxy) is 1. The van der Waals surface area contributed by atoms with Gasteiger partial charge in [0.25, 0.3) is 0 Å². The van der Waals surface area contributed by atoms with Gasteiger partial charge in [-0.2, -0.15) is 0 Å². The summed E-state index contributed by atoms with van der Waals surface area (Å²) in [5.41, 5.74) is 0.223. The number of benzene rings is 1. The van der Waals surface area contributed by atoms with Crippen LogP contribution in [-0.4, -0.2) is 29.4 Å². The fourth-order valence-electron chi connectivity index (χ4n) is 2.14. The van der Waals surface area contributed by atoms with Crippen LogP contribution >= 0.6 is 0 Å². The van der Waals surface area contributed by atoms with E-state index in [1.54, 1.807) is 0 Å². The number of para-hydroxylation sites is 1. The third-order valence-electron chi connectivity index (χ3n) is 3.16. The van der Waals surface area contributed by atoms with Crippen molar-refractivity contribution < 1.29 is 32.6 Å². The van der Waals surface area contributed by atoms with Crippen LogP contribution in [0.1, 0.15) is 32.3 Å². The summed E-state index contributed by atoms with van der Waals surface area (Å²) < 4.78 is 40.9. The summed E-state index contributed by atoms with van der Waals surface area (Å²) in [7, 11) is 0. The van der Waals surface area contributed by atoms with Crippen molar-refractivity contribution in [3.05, 3.63) is 29.8 Å². The van der Waals surface area contributed by atoms with Crippen LogP contribution in [0.4, 0.5) is 13.2 Å². The Hall–Kier alpha value is -2.25. The average Bonchev–Trinajstić information content (AvgIpc) is 2.43. The normalized spacial score (nSPS) is 12.8. The van der Waals surface area contributed by atoms with Crippen molar-refractivity contribution in [3.8, 4) is 5.75 Å². The summed E-state index contributed by atoms with van der Waals surface area (Å²) in [6.45, 7) is 3.65. The van der Waals surface area contributed by atoms with Crippen LogP contribution in [0.5, 0.6) is 5.75 Å². The van der Waals surface area contributed by atoms with Crippen LogP contribution in [0.15, 0.2) is 24.3 Å². The lowest BCUT2D eigenvalue weighted by Gasteiger charge is -2.17. The van der Waals surface area contributed by atoms with Gasteiger partial charge in [-0.05, 0) is 30.4 Å². The highest BCUT2D eigenvalue weighted by Gasteiger charge is 2.32. The molecule has 0 bridgehead atoms. The van der Waals surface area contributed by atoms with E-state index in [1.807, 2.05) is 13.8 Å². The summed E-state index contributed by atoms with van der Waals surface area (Å²) in [4.78, 5) is 23.0. The lowest BCUT2D eigenvalue weighted by atomic mass is 10.0. The number of carboxylic acid groups (broad SMARTS) is 1. The smallest absolute Gasteiger partial charge is 0.480 e. The molecule has 0 heterocycles. The third kappa shape index (κ3) is 7.34. The number of hydrogen-bond acceptors (Lipinski definition) is 3. The number of carboxylic acids is 1. The van der Waals surface area contributed by atoms with Crippen molar-refractivity contribution >= 4 is 11.9 Å². The molecule has 5 nitrogen and oxygen atoms in total. The summed E-state index contributed by atoms with van der Waals surface area (Å²) >= 11 is 0. The summed E-state index contributed by atoms with van der Waals surface area (Å²) in [5.74, 6) is -1.97. The van der Waals surface area contributed by atoms with Gasteiger partial charge in [-0.1, -0.05) is 32.0 Å². The zero-order valence-corrected chi connectivity index (χ0v) is 13.4. The van der Waals surface area contributed by atoms with E-state index in [9.17, 15) is 22.8 Å². The Morgan fingerprint density at radius 3 is 2.42 bits per heavy atom. The van der Waals surface area contributed by atoms with Crippen LogP contribution in [0.2, 0.25) is 0 Å². The van der Waals surface area contributed by atoms with E-state index in [2.05, 4.69) is 10.1 Å². The predicted molar refractivity (Wildman–Crippen MR) is 80.5 cm³/mol. The van der Waals surface area contributed by atoms with E-state index in [-0.39, 0.29) is 36.5 Å². The van der Waals surface area contributed by atoms with E-state index in [1.165, 1.54) is 24.3 Å². The maximum atomic E-state index is 12.3. The fourth-order valence-corrected chi connectivity index (χ4v) is 2.14. The molecule has 0 aliphatic carbocycles. The SMILES string of the molecule is CC(C)CC(NC(=O)CCc1ccccc1OC(F)(F)F)C(=O)O. The Kier molecular flexibility index (Phi) is 7.06. The van der Waals surface area contributed by atoms with Gasteiger partial charge in [-0.25, -0.2) is 4.79 Å². The molecule has 0 aromatic heterocycles. The maximum Gasteiger partial charge on any atom is 0.573 e. The largest absolute Gasteiger partial charge is 0.573 e. The number of aliphatic carboxylic acids is 1.